The lowest BCUT2D eigenvalue weighted by molar-refractivity contribution is -0.571. The largest absolute Gasteiger partial charge is 0.458 e. The summed E-state index contributed by atoms with van der Waals surface area (Å²) in [6.45, 7) is 6.53. The highest BCUT2D eigenvalue weighted by Gasteiger charge is 2.21. The first kappa shape index (κ1) is 28.4. The van der Waals surface area contributed by atoms with Crippen LogP contribution >= 0.6 is 0 Å². The van der Waals surface area contributed by atoms with Crippen molar-refractivity contribution < 1.29 is 23.0 Å². The van der Waals surface area contributed by atoms with Crippen LogP contribution in [0.5, 0.6) is 11.5 Å². The van der Waals surface area contributed by atoms with Gasteiger partial charge in [-0.2, -0.15) is 0 Å². The first-order valence-corrected chi connectivity index (χ1v) is 20.5. The molecule has 0 aliphatic heterocycles. The highest BCUT2D eigenvalue weighted by molar-refractivity contribution is 6.10. The molecule has 0 amide bonds. The first-order chi connectivity index (χ1) is 35.0. The van der Waals surface area contributed by atoms with Gasteiger partial charge in [-0.3, -0.25) is 18.7 Å². The van der Waals surface area contributed by atoms with Gasteiger partial charge in [0.2, 0.25) is 0 Å². The zero-order valence-corrected chi connectivity index (χ0v) is 34.5. The monoisotopic (exact) mass is 823 g/mol. The number of nitrogens with zero attached hydrogens (tertiary/aromatic N) is 5. The van der Waals surface area contributed by atoms with Crippen LogP contribution in [0.1, 0.15) is 40.0 Å². The number of hydrogen-bond donors (Lipinski definition) is 0. The molecule has 4 aromatic heterocycles. The fourth-order valence-corrected chi connectivity index (χ4v) is 8.21. The second-order valence-corrected chi connectivity index (χ2v) is 16.2. The highest BCUT2D eigenvalue weighted by Crippen LogP contribution is 2.39. The molecule has 0 aliphatic rings. The van der Waals surface area contributed by atoms with Gasteiger partial charge in [0, 0.05) is 34.8 Å². The average molecular weight is 824 g/mol. The molecule has 7 aromatic carbocycles. The molecule has 0 saturated heterocycles. The zero-order chi connectivity index (χ0) is 51.2. The minimum Gasteiger partial charge on any atom is -0.458 e. The molecule has 0 unspecified atom stereocenters. The maximum atomic E-state index is 9.03. The first-order valence-electron chi connectivity index (χ1n) is 25.5. The van der Waals surface area contributed by atoms with E-state index in [1.807, 2.05) is 91.1 Å². The van der Waals surface area contributed by atoms with Gasteiger partial charge in [-0.25, -0.2) is 4.98 Å². The van der Waals surface area contributed by atoms with Crippen molar-refractivity contribution in [1.82, 2.24) is 19.1 Å². The molecule has 6 heteroatoms. The molecule has 11 rings (SSSR count). The Morgan fingerprint density at radius 2 is 1.30 bits per heavy atom. The molecule has 0 spiro atoms. The van der Waals surface area contributed by atoms with Crippen molar-refractivity contribution in [2.75, 3.05) is 0 Å². The minimum atomic E-state index is -0.569. The molecular formula is C57H43N5O. The summed E-state index contributed by atoms with van der Waals surface area (Å²) >= 11 is 0. The number of hydrogen-bond acceptors (Lipinski definition) is 3. The molecule has 63 heavy (non-hydrogen) atoms. The maximum absolute atomic E-state index is 9.03. The Hall–Kier alpha value is -8.09. The van der Waals surface area contributed by atoms with E-state index in [1.54, 1.807) is 33.5 Å². The third-order valence-corrected chi connectivity index (χ3v) is 11.2. The maximum Gasteiger partial charge on any atom is 0.269 e. The molecule has 0 aliphatic carbocycles. The summed E-state index contributed by atoms with van der Waals surface area (Å²) in [5.74, 6) is 1.84. The molecule has 0 radical (unpaired) electrons. The zero-order valence-electron chi connectivity index (χ0n) is 44.5. The molecule has 6 nitrogen and oxygen atoms in total. The summed E-state index contributed by atoms with van der Waals surface area (Å²) in [6, 6.07) is 36.7. The van der Waals surface area contributed by atoms with Crippen molar-refractivity contribution in [3.63, 3.8) is 0 Å². The lowest BCUT2D eigenvalue weighted by Crippen LogP contribution is -2.31. The van der Waals surface area contributed by atoms with Gasteiger partial charge in [0.05, 0.1) is 52.8 Å². The van der Waals surface area contributed by atoms with E-state index in [0.29, 0.717) is 28.2 Å². The SMILES string of the molecule is [2H]c1c([2H])c([2H])c(-c2cccc(-c3c([2H])c([2H])c([2H])c([2H])c3[2H])c2-[n+]2[c-]n(-c3cccc(Oc4ccc5c6cc(-c7ccccn7)ccc6n(-c6cc(C(C)(C)C)ccn6)c5c4)c3)c3ccccc32)c([2H])c1[2H]. The lowest BCUT2D eigenvalue weighted by atomic mass is 9.88. The van der Waals surface area contributed by atoms with Crippen LogP contribution in [0.4, 0.5) is 0 Å². The van der Waals surface area contributed by atoms with Crippen LogP contribution in [0.25, 0.3) is 83.5 Å². The Morgan fingerprint density at radius 1 is 0.571 bits per heavy atom. The summed E-state index contributed by atoms with van der Waals surface area (Å²) < 4.78 is 99.4. The molecule has 0 bridgehead atoms. The quantitative estimate of drug-likeness (QED) is 0.113. The Balaban J connectivity index is 1.07. The van der Waals surface area contributed by atoms with Crippen LogP contribution in [0.3, 0.4) is 0 Å². The lowest BCUT2D eigenvalue weighted by Gasteiger charge is -2.20. The van der Waals surface area contributed by atoms with Crippen molar-refractivity contribution in [2.45, 2.75) is 26.2 Å². The van der Waals surface area contributed by atoms with Gasteiger partial charge < -0.3 is 4.74 Å². The number of imidazole rings is 1. The highest BCUT2D eigenvalue weighted by atomic mass is 16.5. The third kappa shape index (κ3) is 6.92. The van der Waals surface area contributed by atoms with E-state index in [1.165, 1.54) is 0 Å². The Morgan fingerprint density at radius 3 is 2.05 bits per heavy atom. The summed E-state index contributed by atoms with van der Waals surface area (Å²) in [5.41, 5.74) is 6.77. The fraction of sp³-hybridized carbons (Fsp3) is 0.0702. The van der Waals surface area contributed by atoms with E-state index in [-0.39, 0.29) is 33.4 Å². The molecule has 0 atom stereocenters. The number of benzene rings is 7. The number of fused-ring (bicyclic) bond motifs is 4. The van der Waals surface area contributed by atoms with Crippen molar-refractivity contribution in [3.8, 4) is 62.2 Å². The topological polar surface area (TPSA) is 48.8 Å². The third-order valence-electron chi connectivity index (χ3n) is 11.2. The van der Waals surface area contributed by atoms with Crippen LogP contribution in [0, 0.1) is 6.33 Å². The van der Waals surface area contributed by atoms with Crippen molar-refractivity contribution in [2.24, 2.45) is 0 Å². The van der Waals surface area contributed by atoms with Gasteiger partial charge >= 0.3 is 0 Å². The average Bonchev–Trinajstić information content (AvgIpc) is 3.94. The minimum absolute atomic E-state index is 0.121. The summed E-state index contributed by atoms with van der Waals surface area (Å²) in [5, 5.41) is 2.03. The van der Waals surface area contributed by atoms with E-state index >= 15 is 0 Å². The van der Waals surface area contributed by atoms with Gasteiger partial charge in [0.25, 0.3) is 6.33 Å². The molecule has 0 N–H and O–H groups in total. The predicted molar refractivity (Wildman–Crippen MR) is 255 cm³/mol. The van der Waals surface area contributed by atoms with Gasteiger partial charge in [0.15, 0.2) is 0 Å². The molecular weight excluding hydrogens is 771 g/mol. The van der Waals surface area contributed by atoms with Crippen LogP contribution in [-0.2, 0) is 5.41 Å². The number of aromatic nitrogens is 5. The van der Waals surface area contributed by atoms with Crippen LogP contribution in [0.15, 0.2) is 206 Å². The number of para-hydroxylation sites is 3. The van der Waals surface area contributed by atoms with Gasteiger partial charge in [-0.1, -0.05) is 142 Å². The number of ether oxygens (including phenoxy) is 1. The smallest absolute Gasteiger partial charge is 0.269 e. The van der Waals surface area contributed by atoms with E-state index in [9.17, 15) is 0 Å². The van der Waals surface area contributed by atoms with E-state index in [4.69, 9.17) is 23.4 Å². The van der Waals surface area contributed by atoms with Crippen molar-refractivity contribution in [3.05, 3.63) is 218 Å². The van der Waals surface area contributed by atoms with E-state index in [2.05, 4.69) is 67.0 Å². The van der Waals surface area contributed by atoms with Gasteiger partial charge in [0.1, 0.15) is 17.3 Å². The molecule has 4 heterocycles. The fourth-order valence-electron chi connectivity index (χ4n) is 8.21. The second kappa shape index (κ2) is 15.4. The van der Waals surface area contributed by atoms with Gasteiger partial charge in [-0.05, 0) is 100.0 Å². The van der Waals surface area contributed by atoms with Crippen LogP contribution in [0.2, 0.25) is 0 Å². The molecule has 0 saturated carbocycles. The number of rotatable bonds is 8. The Labute approximate surface area is 380 Å². The van der Waals surface area contributed by atoms with Crippen molar-refractivity contribution in [1.29, 1.82) is 0 Å². The van der Waals surface area contributed by atoms with E-state index < -0.39 is 60.4 Å². The molecule has 0 fully saturated rings. The van der Waals surface area contributed by atoms with Crippen molar-refractivity contribution >= 4 is 32.8 Å². The molecule has 11 aromatic rings. The normalized spacial score (nSPS) is 14.0. The summed E-state index contributed by atoms with van der Waals surface area (Å²) in [6.07, 6.45) is 7.08. The van der Waals surface area contributed by atoms with Gasteiger partial charge in [-0.15, -0.1) is 0 Å². The van der Waals surface area contributed by atoms with Crippen LogP contribution < -0.4 is 9.30 Å². The summed E-state index contributed by atoms with van der Waals surface area (Å²) in [4.78, 5) is 9.50. The van der Waals surface area contributed by atoms with Crippen LogP contribution in [-0.4, -0.2) is 19.1 Å². The summed E-state index contributed by atoms with van der Waals surface area (Å²) in [7, 11) is 0. The Bertz CT molecular complexity index is 3930. The second-order valence-electron chi connectivity index (χ2n) is 16.2. The predicted octanol–water partition coefficient (Wildman–Crippen LogP) is 13.7. The molecule has 302 valence electrons. The van der Waals surface area contributed by atoms with E-state index in [0.717, 1.165) is 44.4 Å². The Kier molecular flexibility index (Phi) is 6.96. The number of pyridine rings is 2. The standard InChI is InChI=1S/C57H43N5O/c1-57(2,3)42-31-33-59-55(35-42)62-51-30-27-41(50-24-12-13-32-58-50)34-49(51)48-29-28-45(37-54(48)62)63-44-21-14-20-43(36-44)60-38-61(53-26-11-10-25-52(53)60)56-46(39-16-6-4-7-17-39)22-15-23-47(56)40-18-8-5-9-19-40/h4-37H,1-3H3/i4D,5D,6D,7D,8D,9D,16D,17D,18D,19D.